The van der Waals surface area contributed by atoms with E-state index in [2.05, 4.69) is 17.0 Å². The van der Waals surface area contributed by atoms with Crippen molar-refractivity contribution in [2.24, 2.45) is 0 Å². The van der Waals surface area contributed by atoms with Gasteiger partial charge in [-0.05, 0) is 68.3 Å². The minimum atomic E-state index is -0.383. The third-order valence-corrected chi connectivity index (χ3v) is 5.65. The second kappa shape index (κ2) is 8.51. The van der Waals surface area contributed by atoms with Crippen LogP contribution in [-0.4, -0.2) is 49.3 Å². The van der Waals surface area contributed by atoms with Crippen LogP contribution in [0.15, 0.2) is 48.5 Å². The molecular weight excluding hydrogens is 371 g/mol. The number of anilines is 1. The number of carbonyl (C=O) groups excluding carboxylic acids is 1. The predicted molar refractivity (Wildman–Crippen MR) is 110 cm³/mol. The molecule has 2 fully saturated rings. The van der Waals surface area contributed by atoms with Crippen LogP contribution in [0, 0.1) is 5.82 Å². The van der Waals surface area contributed by atoms with Gasteiger partial charge in [-0.15, -0.1) is 0 Å². The van der Waals surface area contributed by atoms with Crippen molar-refractivity contribution in [3.05, 3.63) is 59.9 Å². The molecule has 29 heavy (non-hydrogen) atoms. The molecule has 2 saturated heterocycles. The number of piperidine rings is 1. The fourth-order valence-electron chi connectivity index (χ4n) is 4.26. The average molecular weight is 398 g/mol. The van der Waals surface area contributed by atoms with Gasteiger partial charge in [0, 0.05) is 18.8 Å². The first-order chi connectivity index (χ1) is 14.1. The number of halogens is 1. The monoisotopic (exact) mass is 398 g/mol. The van der Waals surface area contributed by atoms with Gasteiger partial charge in [0.05, 0.1) is 18.8 Å². The van der Waals surface area contributed by atoms with E-state index in [1.54, 1.807) is 17.0 Å². The van der Waals surface area contributed by atoms with Crippen LogP contribution in [0.1, 0.15) is 25.3 Å². The van der Waals surface area contributed by atoms with Crippen molar-refractivity contribution in [2.75, 3.05) is 37.7 Å². The number of ether oxygens (including phenoxy) is 2. The smallest absolute Gasteiger partial charge is 0.253 e. The van der Waals surface area contributed by atoms with Gasteiger partial charge in [0.1, 0.15) is 18.2 Å². The van der Waals surface area contributed by atoms with Gasteiger partial charge in [0.2, 0.25) is 0 Å². The Balaban J connectivity index is 1.44. The number of benzene rings is 2. The van der Waals surface area contributed by atoms with E-state index < -0.39 is 0 Å². The van der Waals surface area contributed by atoms with Gasteiger partial charge >= 0.3 is 0 Å². The van der Waals surface area contributed by atoms with E-state index in [1.807, 2.05) is 19.1 Å². The van der Waals surface area contributed by atoms with Crippen molar-refractivity contribution in [1.29, 1.82) is 0 Å². The molecule has 5 nitrogen and oxygen atoms in total. The highest BCUT2D eigenvalue weighted by atomic mass is 19.1. The number of amides is 1. The summed E-state index contributed by atoms with van der Waals surface area (Å²) in [6, 6.07) is 14.3. The minimum absolute atomic E-state index is 0.0638. The molecule has 1 spiro atoms. The van der Waals surface area contributed by atoms with Gasteiger partial charge in [-0.3, -0.25) is 9.69 Å². The lowest BCUT2D eigenvalue weighted by Gasteiger charge is -2.47. The zero-order valence-electron chi connectivity index (χ0n) is 16.8. The first kappa shape index (κ1) is 19.9. The van der Waals surface area contributed by atoms with Crippen LogP contribution in [0.25, 0.3) is 0 Å². The van der Waals surface area contributed by atoms with Crippen LogP contribution in [-0.2, 0) is 16.1 Å². The molecule has 0 N–H and O–H groups in total. The summed E-state index contributed by atoms with van der Waals surface area (Å²) in [5, 5.41) is 0. The molecule has 154 valence electrons. The number of nitrogens with zero attached hydrogens (tertiary/aromatic N) is 2. The molecule has 2 aliphatic rings. The summed E-state index contributed by atoms with van der Waals surface area (Å²) in [6.45, 7) is 5.81. The number of morpholine rings is 1. The molecule has 2 heterocycles. The lowest BCUT2D eigenvalue weighted by molar-refractivity contribution is -0.146. The van der Waals surface area contributed by atoms with Crippen LogP contribution in [0.2, 0.25) is 0 Å². The van der Waals surface area contributed by atoms with E-state index in [0.29, 0.717) is 13.2 Å². The van der Waals surface area contributed by atoms with Crippen molar-refractivity contribution < 1.29 is 18.7 Å². The summed E-state index contributed by atoms with van der Waals surface area (Å²) < 4.78 is 24.9. The van der Waals surface area contributed by atoms with Gasteiger partial charge in [-0.2, -0.15) is 0 Å². The second-order valence-corrected chi connectivity index (χ2v) is 7.82. The first-order valence-electron chi connectivity index (χ1n) is 10.2. The van der Waals surface area contributed by atoms with Crippen molar-refractivity contribution in [1.82, 2.24) is 4.90 Å². The summed E-state index contributed by atoms with van der Waals surface area (Å²) >= 11 is 0. The highest BCUT2D eigenvalue weighted by molar-refractivity contribution is 5.95. The zero-order valence-corrected chi connectivity index (χ0v) is 16.8. The summed E-state index contributed by atoms with van der Waals surface area (Å²) in [7, 11) is 0. The summed E-state index contributed by atoms with van der Waals surface area (Å²) in [5.74, 6) is 0.504. The van der Waals surface area contributed by atoms with Crippen LogP contribution in [0.5, 0.6) is 5.75 Å². The van der Waals surface area contributed by atoms with Crippen molar-refractivity contribution in [3.8, 4) is 5.75 Å². The fraction of sp³-hybridized carbons (Fsp3) is 0.435. The Bertz CT molecular complexity index is 840. The SMILES string of the molecule is CCOc1ccc(CN2CCCC3(C2)CN(c2ccc(F)cc2)C(=O)CO3)cc1. The van der Waals surface area contributed by atoms with Crippen LogP contribution >= 0.6 is 0 Å². The largest absolute Gasteiger partial charge is 0.494 e. The standard InChI is InChI=1S/C23H27FN2O3/c1-2-28-21-10-4-18(5-11-21)14-25-13-3-12-23(16-25)17-26(22(27)15-29-23)20-8-6-19(24)7-9-20/h4-11H,2-3,12-17H2,1H3. The fourth-order valence-corrected chi connectivity index (χ4v) is 4.26. The molecule has 0 aromatic heterocycles. The molecule has 1 amide bonds. The van der Waals surface area contributed by atoms with Crippen LogP contribution in [0.4, 0.5) is 10.1 Å². The molecule has 4 rings (SSSR count). The average Bonchev–Trinajstić information content (AvgIpc) is 2.73. The van der Waals surface area contributed by atoms with Crippen molar-refractivity contribution in [3.63, 3.8) is 0 Å². The molecule has 1 atom stereocenters. The van der Waals surface area contributed by atoms with Crippen molar-refractivity contribution in [2.45, 2.75) is 31.9 Å². The molecule has 1 unspecified atom stereocenters. The molecule has 2 aromatic carbocycles. The normalized spacial score (nSPS) is 22.8. The van der Waals surface area contributed by atoms with E-state index >= 15 is 0 Å². The highest BCUT2D eigenvalue weighted by Gasteiger charge is 2.43. The lowest BCUT2D eigenvalue weighted by Crippen LogP contribution is -2.61. The third kappa shape index (κ3) is 4.60. The molecular formula is C23H27FN2O3. The summed E-state index contributed by atoms with van der Waals surface area (Å²) in [6.07, 6.45) is 1.93. The maximum Gasteiger partial charge on any atom is 0.253 e. The van der Waals surface area contributed by atoms with Crippen molar-refractivity contribution >= 4 is 11.6 Å². The second-order valence-electron chi connectivity index (χ2n) is 7.82. The summed E-state index contributed by atoms with van der Waals surface area (Å²) in [4.78, 5) is 16.6. The molecule has 0 bridgehead atoms. The van der Waals surface area contributed by atoms with Crippen LogP contribution < -0.4 is 9.64 Å². The van der Waals surface area contributed by atoms with E-state index in [4.69, 9.17) is 9.47 Å². The third-order valence-electron chi connectivity index (χ3n) is 5.65. The quantitative estimate of drug-likeness (QED) is 0.772. The van der Waals surface area contributed by atoms with E-state index in [-0.39, 0.29) is 23.9 Å². The Morgan fingerprint density at radius 1 is 1.10 bits per heavy atom. The first-order valence-corrected chi connectivity index (χ1v) is 10.2. The Morgan fingerprint density at radius 2 is 1.86 bits per heavy atom. The molecule has 6 heteroatoms. The van der Waals surface area contributed by atoms with Gasteiger partial charge in [0.15, 0.2) is 0 Å². The Hall–Kier alpha value is -2.44. The van der Waals surface area contributed by atoms with Gasteiger partial charge in [-0.25, -0.2) is 4.39 Å². The summed E-state index contributed by atoms with van der Waals surface area (Å²) in [5.41, 5.74) is 1.57. The number of hydrogen-bond donors (Lipinski definition) is 0. The van der Waals surface area contributed by atoms with Gasteiger partial charge in [0.25, 0.3) is 5.91 Å². The Morgan fingerprint density at radius 3 is 2.59 bits per heavy atom. The number of rotatable bonds is 5. The maximum absolute atomic E-state index is 13.3. The maximum atomic E-state index is 13.3. The molecule has 0 saturated carbocycles. The number of hydrogen-bond acceptors (Lipinski definition) is 4. The Kier molecular flexibility index (Phi) is 5.83. The number of likely N-dealkylation sites (tertiary alicyclic amines) is 1. The minimum Gasteiger partial charge on any atom is -0.494 e. The molecule has 2 aromatic rings. The zero-order chi connectivity index (χ0) is 20.3. The van der Waals surface area contributed by atoms with E-state index in [0.717, 1.165) is 43.9 Å². The van der Waals surface area contributed by atoms with E-state index in [9.17, 15) is 9.18 Å². The van der Waals surface area contributed by atoms with Gasteiger partial charge < -0.3 is 14.4 Å². The number of carbonyl (C=O) groups is 1. The predicted octanol–water partition coefficient (Wildman–Crippen LogP) is 3.62. The highest BCUT2D eigenvalue weighted by Crippen LogP contribution is 2.32. The van der Waals surface area contributed by atoms with Gasteiger partial charge in [-0.1, -0.05) is 12.1 Å². The molecule has 2 aliphatic heterocycles. The lowest BCUT2D eigenvalue weighted by atomic mass is 9.90. The molecule has 0 aliphatic carbocycles. The topological polar surface area (TPSA) is 42.0 Å². The molecule has 0 radical (unpaired) electrons. The Labute approximate surface area is 171 Å². The van der Waals surface area contributed by atoms with E-state index in [1.165, 1.54) is 17.7 Å². The van der Waals surface area contributed by atoms with Crippen LogP contribution in [0.3, 0.4) is 0 Å².